The van der Waals surface area contributed by atoms with E-state index in [1.807, 2.05) is 0 Å². The molecule has 0 bridgehead atoms. The van der Waals surface area contributed by atoms with Crippen LogP contribution >= 0.6 is 23.5 Å². The third-order valence-corrected chi connectivity index (χ3v) is 5.83. The summed E-state index contributed by atoms with van der Waals surface area (Å²) in [7, 11) is 0. The zero-order chi connectivity index (χ0) is 23.3. The number of aromatic carboxylic acids is 2. The van der Waals surface area contributed by atoms with E-state index in [0.29, 0.717) is 26.7 Å². The minimum absolute atomic E-state index is 0.0697. The number of hydrogen-bond acceptors (Lipinski definition) is 8. The van der Waals surface area contributed by atoms with Crippen LogP contribution in [0.1, 0.15) is 36.9 Å². The van der Waals surface area contributed by atoms with Crippen LogP contribution in [0.2, 0.25) is 0 Å². The van der Waals surface area contributed by atoms with Crippen molar-refractivity contribution in [3.63, 3.8) is 0 Å². The van der Waals surface area contributed by atoms with Crippen LogP contribution in [0.3, 0.4) is 0 Å². The summed E-state index contributed by atoms with van der Waals surface area (Å²) in [4.78, 5) is 50.5. The largest absolute Gasteiger partial charge is 0.477 e. The molecule has 0 atom stereocenters. The first-order valence-electron chi connectivity index (χ1n) is 9.02. The Kier molecular flexibility index (Phi) is 7.28. The van der Waals surface area contributed by atoms with Gasteiger partial charge < -0.3 is 20.8 Å². The summed E-state index contributed by atoms with van der Waals surface area (Å²) in [5.74, 6) is -2.91. The Balaban J connectivity index is 1.54. The van der Waals surface area contributed by atoms with Crippen molar-refractivity contribution in [2.24, 2.45) is 0 Å². The summed E-state index contributed by atoms with van der Waals surface area (Å²) in [6.07, 6.45) is 1.63. The van der Waals surface area contributed by atoms with Crippen molar-refractivity contribution in [3.8, 4) is 0 Å². The predicted octanol–water partition coefficient (Wildman–Crippen LogP) is 2.14. The lowest BCUT2D eigenvalue weighted by molar-refractivity contribution is -0.115. The standard InChI is InChI=1S/C20H16N4O6S2/c21-20-24-17(26)15(32-20)7-10-1-3-11(4-2-10)16(25)22-5-6-31-12-8-13(18(27)28)23-14(9-12)19(29)30/h1-4,7-9H,5-6H2,(H,22,25)(H,27,28)(H,29,30)(H2,21,24,26)/b15-7+. The lowest BCUT2D eigenvalue weighted by Crippen LogP contribution is -2.25. The Hall–Kier alpha value is -3.64. The number of hydrogen-bond donors (Lipinski definition) is 5. The fourth-order valence-electron chi connectivity index (χ4n) is 2.57. The number of carboxylic acid groups (broad SMARTS) is 2. The van der Waals surface area contributed by atoms with E-state index in [0.717, 1.165) is 11.8 Å². The molecule has 32 heavy (non-hydrogen) atoms. The highest BCUT2D eigenvalue weighted by Gasteiger charge is 2.22. The van der Waals surface area contributed by atoms with Gasteiger partial charge in [-0.15, -0.1) is 11.8 Å². The summed E-state index contributed by atoms with van der Waals surface area (Å²) in [5, 5.41) is 30.7. The van der Waals surface area contributed by atoms with Gasteiger partial charge in [0.25, 0.3) is 11.8 Å². The number of thioether (sulfide) groups is 2. The normalized spacial score (nSPS) is 14.3. The van der Waals surface area contributed by atoms with E-state index in [1.54, 1.807) is 30.3 Å². The lowest BCUT2D eigenvalue weighted by atomic mass is 10.1. The van der Waals surface area contributed by atoms with Crippen molar-refractivity contribution >= 4 is 58.5 Å². The first-order valence-corrected chi connectivity index (χ1v) is 10.8. The van der Waals surface area contributed by atoms with Crippen molar-refractivity contribution in [1.82, 2.24) is 15.6 Å². The van der Waals surface area contributed by atoms with Gasteiger partial charge in [0.1, 0.15) is 11.4 Å². The highest BCUT2D eigenvalue weighted by atomic mass is 32.2. The number of amides is 2. The Bertz CT molecular complexity index is 1120. The Morgan fingerprint density at radius 3 is 2.28 bits per heavy atom. The SMILES string of the molecule is N=C1NC(=O)/C(=C\c2ccc(C(=O)NCCSc3cc(C(=O)O)nc(C(=O)O)c3)cc2)S1. The smallest absolute Gasteiger partial charge is 0.354 e. The van der Waals surface area contributed by atoms with E-state index in [9.17, 15) is 19.2 Å². The van der Waals surface area contributed by atoms with Gasteiger partial charge in [0.2, 0.25) is 0 Å². The molecule has 0 aliphatic carbocycles. The minimum Gasteiger partial charge on any atom is -0.477 e. The van der Waals surface area contributed by atoms with Gasteiger partial charge in [0.15, 0.2) is 5.17 Å². The second-order valence-corrected chi connectivity index (χ2v) is 8.52. The van der Waals surface area contributed by atoms with Gasteiger partial charge in [-0.2, -0.15) is 0 Å². The van der Waals surface area contributed by atoms with E-state index in [1.165, 1.54) is 23.9 Å². The highest BCUT2D eigenvalue weighted by molar-refractivity contribution is 8.18. The molecule has 1 aromatic carbocycles. The van der Waals surface area contributed by atoms with Crippen molar-refractivity contribution in [1.29, 1.82) is 5.41 Å². The summed E-state index contributed by atoms with van der Waals surface area (Å²) in [6.45, 7) is 0.265. The maximum Gasteiger partial charge on any atom is 0.354 e. The molecule has 2 aromatic rings. The molecule has 5 N–H and O–H groups in total. The first-order chi connectivity index (χ1) is 15.2. The van der Waals surface area contributed by atoms with E-state index in [-0.39, 0.29) is 34.9 Å². The third kappa shape index (κ3) is 5.95. The second kappa shape index (κ2) is 10.1. The van der Waals surface area contributed by atoms with Crippen molar-refractivity contribution in [3.05, 3.63) is 63.8 Å². The summed E-state index contributed by atoms with van der Waals surface area (Å²) in [6, 6.07) is 9.14. The average Bonchev–Trinajstić information content (AvgIpc) is 3.07. The fraction of sp³-hybridized carbons (Fsp3) is 0.100. The van der Waals surface area contributed by atoms with Gasteiger partial charge >= 0.3 is 11.9 Å². The molecule has 10 nitrogen and oxygen atoms in total. The molecular weight excluding hydrogens is 456 g/mol. The van der Waals surface area contributed by atoms with Crippen LogP contribution < -0.4 is 10.6 Å². The molecule has 1 fully saturated rings. The Morgan fingerprint density at radius 2 is 1.75 bits per heavy atom. The fourth-order valence-corrected chi connectivity index (χ4v) is 4.10. The van der Waals surface area contributed by atoms with E-state index in [2.05, 4.69) is 15.6 Å². The van der Waals surface area contributed by atoms with Crippen molar-refractivity contribution in [2.45, 2.75) is 4.90 Å². The molecular formula is C20H16N4O6S2. The number of pyridine rings is 1. The van der Waals surface area contributed by atoms with E-state index < -0.39 is 11.9 Å². The Morgan fingerprint density at radius 1 is 1.12 bits per heavy atom. The number of carbonyl (C=O) groups excluding carboxylic acids is 2. The van der Waals surface area contributed by atoms with Gasteiger partial charge in [-0.3, -0.25) is 15.0 Å². The van der Waals surface area contributed by atoms with Gasteiger partial charge in [-0.1, -0.05) is 12.1 Å². The van der Waals surface area contributed by atoms with Gasteiger partial charge in [-0.25, -0.2) is 14.6 Å². The van der Waals surface area contributed by atoms with E-state index >= 15 is 0 Å². The molecule has 2 heterocycles. The van der Waals surface area contributed by atoms with Crippen LogP contribution in [-0.2, 0) is 4.79 Å². The van der Waals surface area contributed by atoms with Crippen LogP contribution in [0.15, 0.2) is 46.2 Å². The number of aromatic nitrogens is 1. The zero-order valence-electron chi connectivity index (χ0n) is 16.2. The molecule has 0 saturated carbocycles. The number of carboxylic acids is 2. The first kappa shape index (κ1) is 23.0. The van der Waals surface area contributed by atoms with Crippen molar-refractivity contribution < 1.29 is 29.4 Å². The molecule has 3 rings (SSSR count). The van der Waals surface area contributed by atoms with Crippen LogP contribution in [-0.4, -0.2) is 56.4 Å². The maximum atomic E-state index is 12.3. The summed E-state index contributed by atoms with van der Waals surface area (Å²) < 4.78 is 0. The summed E-state index contributed by atoms with van der Waals surface area (Å²) >= 11 is 2.22. The maximum absolute atomic E-state index is 12.3. The molecule has 164 valence electrons. The van der Waals surface area contributed by atoms with Crippen molar-refractivity contribution in [2.75, 3.05) is 12.3 Å². The average molecular weight is 473 g/mol. The van der Waals surface area contributed by atoms with Gasteiger partial charge in [0.05, 0.1) is 4.91 Å². The molecule has 0 spiro atoms. The molecule has 2 amide bonds. The second-order valence-electron chi connectivity index (χ2n) is 6.30. The Labute approximate surface area is 190 Å². The number of amidine groups is 1. The monoisotopic (exact) mass is 472 g/mol. The topological polar surface area (TPSA) is 170 Å². The molecule has 12 heteroatoms. The summed E-state index contributed by atoms with van der Waals surface area (Å²) in [5.41, 5.74) is 0.401. The molecule has 1 aromatic heterocycles. The number of carbonyl (C=O) groups is 4. The number of rotatable bonds is 8. The lowest BCUT2D eigenvalue weighted by Gasteiger charge is -2.07. The highest BCUT2D eigenvalue weighted by Crippen LogP contribution is 2.25. The van der Waals surface area contributed by atoms with Crippen LogP contribution in [0.25, 0.3) is 6.08 Å². The number of nitrogens with zero attached hydrogens (tertiary/aromatic N) is 1. The minimum atomic E-state index is -1.33. The van der Waals surface area contributed by atoms with Gasteiger partial charge in [-0.05, 0) is 47.7 Å². The molecule has 0 radical (unpaired) electrons. The zero-order valence-corrected chi connectivity index (χ0v) is 17.9. The quantitative estimate of drug-likeness (QED) is 0.219. The molecule has 1 aliphatic heterocycles. The van der Waals surface area contributed by atoms with Crippen LogP contribution in [0, 0.1) is 5.41 Å². The van der Waals surface area contributed by atoms with Crippen LogP contribution in [0.4, 0.5) is 0 Å². The number of benzene rings is 1. The van der Waals surface area contributed by atoms with E-state index in [4.69, 9.17) is 15.6 Å². The van der Waals surface area contributed by atoms with Crippen LogP contribution in [0.5, 0.6) is 0 Å². The molecule has 1 saturated heterocycles. The molecule has 0 unspecified atom stereocenters. The predicted molar refractivity (Wildman–Crippen MR) is 119 cm³/mol. The van der Waals surface area contributed by atoms with Gasteiger partial charge in [0, 0.05) is 22.8 Å². The third-order valence-electron chi connectivity index (χ3n) is 4.03. The number of nitrogens with one attached hydrogen (secondary N) is 3. The molecule has 1 aliphatic rings.